The molecule has 0 spiro atoms. The fraction of sp³-hybridized carbons (Fsp3) is 0.632. The van der Waals surface area contributed by atoms with Crippen LogP contribution in [0.1, 0.15) is 46.1 Å². The van der Waals surface area contributed by atoms with Crippen LogP contribution in [-0.2, 0) is 20.7 Å². The first kappa shape index (κ1) is 18.3. The molecule has 2 aliphatic rings. The van der Waals surface area contributed by atoms with Crippen molar-refractivity contribution in [1.82, 2.24) is 4.90 Å². The van der Waals surface area contributed by atoms with Crippen LogP contribution in [0.15, 0.2) is 30.3 Å². The van der Waals surface area contributed by atoms with Gasteiger partial charge in [0.25, 0.3) is 0 Å². The molecule has 0 radical (unpaired) electrons. The van der Waals surface area contributed by atoms with E-state index in [4.69, 9.17) is 14.0 Å². The molecule has 0 N–H and O–H groups in total. The molecule has 0 saturated carbocycles. The lowest BCUT2D eigenvalue weighted by Crippen LogP contribution is -2.41. The number of likely N-dealkylation sites (tertiary alicyclic amines) is 1. The second-order valence-corrected chi connectivity index (χ2v) is 7.99. The molecule has 5 nitrogen and oxygen atoms in total. The molecular formula is C19H28BNO4. The minimum absolute atomic E-state index is 0.188. The molecule has 1 aromatic carbocycles. The van der Waals surface area contributed by atoms with Gasteiger partial charge in [-0.1, -0.05) is 30.3 Å². The molecule has 2 heterocycles. The highest BCUT2D eigenvalue weighted by Gasteiger charge is 2.53. The van der Waals surface area contributed by atoms with Gasteiger partial charge < -0.3 is 18.9 Å². The van der Waals surface area contributed by atoms with Crippen molar-refractivity contribution in [2.45, 2.75) is 64.2 Å². The van der Waals surface area contributed by atoms with Crippen molar-refractivity contribution in [3.63, 3.8) is 0 Å². The predicted octanol–water partition coefficient (Wildman–Crippen LogP) is 3.88. The van der Waals surface area contributed by atoms with Crippen LogP contribution in [0.4, 0.5) is 4.79 Å². The quantitative estimate of drug-likeness (QED) is 0.780. The summed E-state index contributed by atoms with van der Waals surface area (Å²) in [6, 6.07) is 9.75. The second-order valence-electron chi connectivity index (χ2n) is 7.99. The summed E-state index contributed by atoms with van der Waals surface area (Å²) in [5.41, 5.74) is 0.398. The topological polar surface area (TPSA) is 48.0 Å². The Morgan fingerprint density at radius 2 is 1.68 bits per heavy atom. The molecule has 1 amide bonds. The molecule has 0 atom stereocenters. The zero-order chi connectivity index (χ0) is 18.1. The monoisotopic (exact) mass is 345 g/mol. The molecule has 2 aliphatic heterocycles. The Kier molecular flexibility index (Phi) is 5.12. The number of piperidine rings is 1. The average Bonchev–Trinajstić information content (AvgIpc) is 2.81. The van der Waals surface area contributed by atoms with Crippen LogP contribution in [-0.4, -0.2) is 42.4 Å². The molecule has 25 heavy (non-hydrogen) atoms. The maximum atomic E-state index is 12.2. The van der Waals surface area contributed by atoms with E-state index < -0.39 is 0 Å². The van der Waals surface area contributed by atoms with Crippen LogP contribution in [0.5, 0.6) is 0 Å². The van der Waals surface area contributed by atoms with Crippen molar-refractivity contribution in [2.75, 3.05) is 13.1 Å². The maximum Gasteiger partial charge on any atom is 0.461 e. The summed E-state index contributed by atoms with van der Waals surface area (Å²) >= 11 is 0. The van der Waals surface area contributed by atoms with Gasteiger partial charge in [-0.2, -0.15) is 0 Å². The first-order valence-corrected chi connectivity index (χ1v) is 9.10. The summed E-state index contributed by atoms with van der Waals surface area (Å²) < 4.78 is 17.7. The number of carbonyl (C=O) groups excluding carboxylic acids is 1. The van der Waals surface area contributed by atoms with E-state index in [1.165, 1.54) is 0 Å². The maximum absolute atomic E-state index is 12.2. The van der Waals surface area contributed by atoms with Gasteiger partial charge in [-0.05, 0) is 51.9 Å². The summed E-state index contributed by atoms with van der Waals surface area (Å²) in [4.78, 5) is 14.0. The molecule has 2 saturated heterocycles. The summed E-state index contributed by atoms with van der Waals surface area (Å²) in [5, 5.41) is 0. The van der Waals surface area contributed by atoms with E-state index in [1.807, 2.05) is 30.3 Å². The number of carbonyl (C=O) groups is 1. The zero-order valence-electron chi connectivity index (χ0n) is 15.7. The Balaban J connectivity index is 1.47. The molecule has 3 rings (SSSR count). The fourth-order valence-electron chi connectivity index (χ4n) is 3.25. The standard InChI is InChI=1S/C19H28BNO4/c1-18(2)19(3,4)25-20(24-18)16-10-12-21(13-11-16)17(22)23-14-15-8-6-5-7-9-15/h5-9,16H,10-14H2,1-4H3. The zero-order valence-corrected chi connectivity index (χ0v) is 15.7. The molecular weight excluding hydrogens is 317 g/mol. The predicted molar refractivity (Wildman–Crippen MR) is 97.3 cm³/mol. The highest BCUT2D eigenvalue weighted by molar-refractivity contribution is 6.47. The van der Waals surface area contributed by atoms with Gasteiger partial charge in [0.15, 0.2) is 0 Å². The van der Waals surface area contributed by atoms with Gasteiger partial charge in [-0.3, -0.25) is 0 Å². The van der Waals surface area contributed by atoms with Crippen molar-refractivity contribution in [3.05, 3.63) is 35.9 Å². The van der Waals surface area contributed by atoms with Crippen LogP contribution in [0, 0.1) is 0 Å². The average molecular weight is 345 g/mol. The van der Waals surface area contributed by atoms with E-state index in [0.717, 1.165) is 18.4 Å². The summed E-state index contributed by atoms with van der Waals surface area (Å²) in [6.07, 6.45) is 1.50. The lowest BCUT2D eigenvalue weighted by atomic mass is 9.67. The molecule has 0 aliphatic carbocycles. The van der Waals surface area contributed by atoms with Crippen LogP contribution in [0.2, 0.25) is 5.82 Å². The number of nitrogens with zero attached hydrogens (tertiary/aromatic N) is 1. The SMILES string of the molecule is CC1(C)OB(C2CCN(C(=O)OCc3ccccc3)CC2)OC1(C)C. The van der Waals surface area contributed by atoms with E-state index in [9.17, 15) is 4.79 Å². The van der Waals surface area contributed by atoms with Crippen molar-refractivity contribution in [3.8, 4) is 0 Å². The first-order chi connectivity index (χ1) is 11.8. The van der Waals surface area contributed by atoms with Gasteiger partial charge in [0.2, 0.25) is 0 Å². The number of rotatable bonds is 3. The van der Waals surface area contributed by atoms with Gasteiger partial charge in [0.05, 0.1) is 11.2 Å². The van der Waals surface area contributed by atoms with Crippen LogP contribution in [0.25, 0.3) is 0 Å². The minimum Gasteiger partial charge on any atom is -0.445 e. The van der Waals surface area contributed by atoms with Gasteiger partial charge >= 0.3 is 13.2 Å². The van der Waals surface area contributed by atoms with Crippen LogP contribution < -0.4 is 0 Å². The van der Waals surface area contributed by atoms with Crippen molar-refractivity contribution in [1.29, 1.82) is 0 Å². The van der Waals surface area contributed by atoms with Crippen LogP contribution >= 0.6 is 0 Å². The number of hydrogen-bond acceptors (Lipinski definition) is 4. The highest BCUT2D eigenvalue weighted by atomic mass is 16.7. The molecule has 136 valence electrons. The molecule has 2 fully saturated rings. The second kappa shape index (κ2) is 7.00. The Bertz CT molecular complexity index is 581. The number of amides is 1. The normalized spacial score (nSPS) is 22.9. The van der Waals surface area contributed by atoms with Crippen molar-refractivity contribution < 1.29 is 18.8 Å². The summed E-state index contributed by atoms with van der Waals surface area (Å²) in [7, 11) is -0.188. The summed E-state index contributed by atoms with van der Waals surface area (Å²) in [5.74, 6) is 0.319. The Morgan fingerprint density at radius 3 is 2.24 bits per heavy atom. The van der Waals surface area contributed by atoms with E-state index in [0.29, 0.717) is 25.5 Å². The third kappa shape index (κ3) is 4.01. The van der Waals surface area contributed by atoms with Gasteiger partial charge in [0, 0.05) is 13.1 Å². The number of ether oxygens (including phenoxy) is 1. The molecule has 0 bridgehead atoms. The third-order valence-electron chi connectivity index (χ3n) is 5.66. The van der Waals surface area contributed by atoms with E-state index >= 15 is 0 Å². The molecule has 0 aromatic heterocycles. The molecule has 0 unspecified atom stereocenters. The molecule has 6 heteroatoms. The van der Waals surface area contributed by atoms with Crippen molar-refractivity contribution in [2.24, 2.45) is 0 Å². The van der Waals surface area contributed by atoms with Crippen molar-refractivity contribution >= 4 is 13.2 Å². The smallest absolute Gasteiger partial charge is 0.445 e. The summed E-state index contributed by atoms with van der Waals surface area (Å²) in [6.45, 7) is 9.97. The van der Waals surface area contributed by atoms with Gasteiger partial charge in [-0.15, -0.1) is 0 Å². The number of hydrogen-bond donors (Lipinski definition) is 0. The van der Waals surface area contributed by atoms with Crippen LogP contribution in [0.3, 0.4) is 0 Å². The largest absolute Gasteiger partial charge is 0.461 e. The Morgan fingerprint density at radius 1 is 1.12 bits per heavy atom. The first-order valence-electron chi connectivity index (χ1n) is 9.10. The Hall–Kier alpha value is -1.53. The lowest BCUT2D eigenvalue weighted by molar-refractivity contribution is 0.00578. The lowest BCUT2D eigenvalue weighted by Gasteiger charge is -2.32. The van der Waals surface area contributed by atoms with E-state index in [-0.39, 0.29) is 24.4 Å². The van der Waals surface area contributed by atoms with Gasteiger partial charge in [0.1, 0.15) is 6.61 Å². The van der Waals surface area contributed by atoms with Gasteiger partial charge in [-0.25, -0.2) is 4.79 Å². The molecule has 1 aromatic rings. The van der Waals surface area contributed by atoms with E-state index in [1.54, 1.807) is 4.90 Å². The fourth-order valence-corrected chi connectivity index (χ4v) is 3.25. The Labute approximate surface area is 150 Å². The number of benzene rings is 1. The highest BCUT2D eigenvalue weighted by Crippen LogP contribution is 2.42. The van der Waals surface area contributed by atoms with E-state index in [2.05, 4.69) is 27.7 Å². The minimum atomic E-state index is -0.302. The third-order valence-corrected chi connectivity index (χ3v) is 5.66.